The summed E-state index contributed by atoms with van der Waals surface area (Å²) in [6.45, 7) is 4.60. The third kappa shape index (κ3) is 4.87. The number of fused-ring (bicyclic) bond motifs is 3. The van der Waals surface area contributed by atoms with Crippen molar-refractivity contribution in [1.82, 2.24) is 24.6 Å². The summed E-state index contributed by atoms with van der Waals surface area (Å²) < 4.78 is 43.0. The van der Waals surface area contributed by atoms with E-state index >= 15 is 0 Å². The number of carbonyl (C=O) groups excluding carboxylic acids is 2. The third-order valence-corrected chi connectivity index (χ3v) is 9.31. The molecule has 43 heavy (non-hydrogen) atoms. The van der Waals surface area contributed by atoms with E-state index in [0.29, 0.717) is 78.5 Å². The summed E-state index contributed by atoms with van der Waals surface area (Å²) in [6.07, 6.45) is 0.885. The molecular weight excluding hydrogens is 580 g/mol. The normalized spacial score (nSPS) is 17.2. The van der Waals surface area contributed by atoms with Crippen molar-refractivity contribution in [2.75, 3.05) is 37.8 Å². The molecule has 224 valence electrons. The molecule has 7 rings (SSSR count). The molecule has 3 aliphatic rings. The van der Waals surface area contributed by atoms with Crippen LogP contribution in [0.3, 0.4) is 0 Å². The first kappa shape index (κ1) is 27.7. The molecule has 0 saturated carbocycles. The number of rotatable bonds is 5. The van der Waals surface area contributed by atoms with Crippen molar-refractivity contribution in [2.45, 2.75) is 45.2 Å². The molecule has 6 heterocycles. The van der Waals surface area contributed by atoms with Gasteiger partial charge in [0.1, 0.15) is 27.7 Å². The number of pyridine rings is 1. The smallest absolute Gasteiger partial charge is 0.264 e. The average molecular weight is 610 g/mol. The van der Waals surface area contributed by atoms with Gasteiger partial charge >= 0.3 is 0 Å². The molecule has 2 amide bonds. The van der Waals surface area contributed by atoms with Crippen molar-refractivity contribution < 1.29 is 27.8 Å². The first-order valence-corrected chi connectivity index (χ1v) is 15.0. The van der Waals surface area contributed by atoms with Crippen LogP contribution in [0.2, 0.25) is 0 Å². The van der Waals surface area contributed by atoms with E-state index in [-0.39, 0.29) is 28.6 Å². The molecule has 4 aromatic rings. The Balaban J connectivity index is 1.33. The highest BCUT2D eigenvalue weighted by molar-refractivity contribution is 7.21. The predicted molar refractivity (Wildman–Crippen MR) is 155 cm³/mol. The van der Waals surface area contributed by atoms with Crippen LogP contribution in [0, 0.1) is 0 Å². The summed E-state index contributed by atoms with van der Waals surface area (Å²) in [5, 5.41) is 5.42. The van der Waals surface area contributed by atoms with Gasteiger partial charge in [-0.3, -0.25) is 14.3 Å². The highest BCUT2D eigenvalue weighted by atomic mass is 32.1. The van der Waals surface area contributed by atoms with E-state index in [4.69, 9.17) is 20.3 Å². The molecule has 1 fully saturated rings. The lowest BCUT2D eigenvalue weighted by Crippen LogP contribution is -2.36. The van der Waals surface area contributed by atoms with Gasteiger partial charge in [0, 0.05) is 61.7 Å². The third-order valence-electron chi connectivity index (χ3n) is 8.29. The number of thiazole rings is 1. The Morgan fingerprint density at radius 3 is 2.70 bits per heavy atom. The lowest BCUT2D eigenvalue weighted by Gasteiger charge is -2.33. The first-order chi connectivity index (χ1) is 20.8. The van der Waals surface area contributed by atoms with Gasteiger partial charge in [-0.05, 0) is 31.0 Å². The summed E-state index contributed by atoms with van der Waals surface area (Å²) in [7, 11) is 0. The number of amides is 2. The second-order valence-corrected chi connectivity index (χ2v) is 11.8. The fourth-order valence-corrected chi connectivity index (χ4v) is 7.01. The number of aromatic nitrogens is 4. The van der Waals surface area contributed by atoms with Gasteiger partial charge in [0.05, 0.1) is 30.4 Å². The molecule has 2 N–H and O–H groups in total. The second kappa shape index (κ2) is 10.8. The zero-order valence-electron chi connectivity index (χ0n) is 23.4. The van der Waals surface area contributed by atoms with Crippen molar-refractivity contribution in [1.29, 1.82) is 0 Å². The summed E-state index contributed by atoms with van der Waals surface area (Å²) in [4.78, 5) is 36.9. The van der Waals surface area contributed by atoms with Gasteiger partial charge in [0.2, 0.25) is 11.8 Å². The van der Waals surface area contributed by atoms with Crippen molar-refractivity contribution in [3.63, 3.8) is 0 Å². The number of nitrogens with two attached hydrogens (primary N) is 1. The van der Waals surface area contributed by atoms with Gasteiger partial charge in [-0.25, -0.2) is 18.7 Å². The minimum Gasteiger partial charge on any atom is -0.490 e. The van der Waals surface area contributed by atoms with Crippen LogP contribution in [0.4, 0.5) is 20.3 Å². The molecule has 14 heteroatoms. The number of carbonyl (C=O) groups is 2. The zero-order chi connectivity index (χ0) is 29.8. The van der Waals surface area contributed by atoms with Crippen molar-refractivity contribution in [3.8, 4) is 16.3 Å². The van der Waals surface area contributed by atoms with Gasteiger partial charge in [0.25, 0.3) is 6.43 Å². The Labute approximate surface area is 249 Å². The Morgan fingerprint density at radius 1 is 1.14 bits per heavy atom. The standard InChI is InChI=1S/C29H29F2N7O4S/c1-15(39)36-5-2-22-20(14-36)27(35-38(22)17-3-7-41-8-4-17)37-6-9-42-24-12-19(18(25(30)31)11-23(24)37)28-34-21-10-16(26(32)40)13-33-29(21)43-28/h10-13,17,25H,2-9,14H2,1H3,(H2,32,40). The summed E-state index contributed by atoms with van der Waals surface area (Å²) in [5.41, 5.74) is 8.50. The number of primary amides is 1. The van der Waals surface area contributed by atoms with E-state index in [2.05, 4.69) is 14.6 Å². The number of nitrogens with zero attached hydrogens (tertiary/aromatic N) is 6. The van der Waals surface area contributed by atoms with Crippen LogP contribution in [0.25, 0.3) is 20.9 Å². The van der Waals surface area contributed by atoms with Crippen LogP contribution in [-0.4, -0.2) is 69.4 Å². The van der Waals surface area contributed by atoms with Crippen LogP contribution < -0.4 is 15.4 Å². The minimum atomic E-state index is -2.80. The number of halogens is 2. The largest absolute Gasteiger partial charge is 0.490 e. The van der Waals surface area contributed by atoms with Crippen molar-refractivity contribution >= 4 is 45.0 Å². The fourth-order valence-electron chi connectivity index (χ4n) is 6.08. The quantitative estimate of drug-likeness (QED) is 0.353. The van der Waals surface area contributed by atoms with Crippen LogP contribution in [-0.2, 0) is 22.5 Å². The predicted octanol–water partition coefficient (Wildman–Crippen LogP) is 4.38. The number of hydrogen-bond donors (Lipinski definition) is 1. The first-order valence-electron chi connectivity index (χ1n) is 14.1. The van der Waals surface area contributed by atoms with Gasteiger partial charge in [-0.2, -0.15) is 5.10 Å². The second-order valence-electron chi connectivity index (χ2n) is 10.9. The molecule has 1 aromatic carbocycles. The number of alkyl halides is 2. The molecule has 0 spiro atoms. The molecule has 0 atom stereocenters. The topological polar surface area (TPSA) is 129 Å². The lowest BCUT2D eigenvalue weighted by molar-refractivity contribution is -0.129. The van der Waals surface area contributed by atoms with E-state index in [0.717, 1.165) is 35.4 Å². The molecule has 3 aliphatic heterocycles. The van der Waals surface area contributed by atoms with E-state index < -0.39 is 12.3 Å². The number of anilines is 2. The molecule has 0 radical (unpaired) electrons. The van der Waals surface area contributed by atoms with Crippen molar-refractivity contribution in [3.05, 3.63) is 46.8 Å². The minimum absolute atomic E-state index is 0.0179. The molecular formula is C29H29F2N7O4S. The van der Waals surface area contributed by atoms with Gasteiger partial charge in [-0.15, -0.1) is 0 Å². The Kier molecular flexibility index (Phi) is 6.96. The van der Waals surface area contributed by atoms with Crippen LogP contribution in [0.5, 0.6) is 5.75 Å². The van der Waals surface area contributed by atoms with Crippen LogP contribution in [0.1, 0.15) is 59.4 Å². The van der Waals surface area contributed by atoms with Crippen LogP contribution in [0.15, 0.2) is 24.4 Å². The maximum Gasteiger partial charge on any atom is 0.264 e. The zero-order valence-corrected chi connectivity index (χ0v) is 24.2. The maximum absolute atomic E-state index is 14.7. The number of ether oxygens (including phenoxy) is 2. The van der Waals surface area contributed by atoms with E-state index in [1.54, 1.807) is 17.9 Å². The highest BCUT2D eigenvalue weighted by Crippen LogP contribution is 2.46. The molecule has 0 bridgehead atoms. The summed E-state index contributed by atoms with van der Waals surface area (Å²) in [5.74, 6) is 0.431. The molecule has 0 unspecified atom stereocenters. The lowest BCUT2D eigenvalue weighted by atomic mass is 10.0. The summed E-state index contributed by atoms with van der Waals surface area (Å²) >= 11 is 1.15. The molecule has 3 aromatic heterocycles. The average Bonchev–Trinajstić information content (AvgIpc) is 3.61. The molecule has 1 saturated heterocycles. The number of benzene rings is 1. The van der Waals surface area contributed by atoms with Crippen molar-refractivity contribution in [2.24, 2.45) is 5.73 Å². The fraction of sp³-hybridized carbons (Fsp3) is 0.414. The highest BCUT2D eigenvalue weighted by Gasteiger charge is 2.35. The van der Waals surface area contributed by atoms with Gasteiger partial charge in [0.15, 0.2) is 5.82 Å². The molecule has 0 aliphatic carbocycles. The maximum atomic E-state index is 14.7. The SMILES string of the molecule is CC(=O)N1CCc2c(c(N3CCOc4cc(-c5nc6cc(C(N)=O)cnc6s5)c(C(F)F)cc43)nn2C2CCOCC2)C1. The molecule has 11 nitrogen and oxygen atoms in total. The van der Waals surface area contributed by atoms with Gasteiger partial charge < -0.3 is 25.0 Å². The summed E-state index contributed by atoms with van der Waals surface area (Å²) in [6, 6.07) is 4.72. The van der Waals surface area contributed by atoms with E-state index in [1.165, 1.54) is 18.3 Å². The van der Waals surface area contributed by atoms with Gasteiger partial charge in [-0.1, -0.05) is 11.3 Å². The van der Waals surface area contributed by atoms with E-state index in [1.807, 2.05) is 4.90 Å². The van der Waals surface area contributed by atoms with E-state index in [9.17, 15) is 18.4 Å². The monoisotopic (exact) mass is 609 g/mol. The Hall–Kier alpha value is -4.17. The number of hydrogen-bond acceptors (Lipinski definition) is 9. The Bertz CT molecular complexity index is 1750. The van der Waals surface area contributed by atoms with Crippen LogP contribution >= 0.6 is 11.3 Å². The Morgan fingerprint density at radius 2 is 1.95 bits per heavy atom.